The lowest BCUT2D eigenvalue weighted by Crippen LogP contribution is -2.05. The lowest BCUT2D eigenvalue weighted by molar-refractivity contribution is 0.151. The van der Waals surface area contributed by atoms with E-state index in [4.69, 9.17) is 5.41 Å². The second-order valence-corrected chi connectivity index (χ2v) is 5.60. The van der Waals surface area contributed by atoms with E-state index in [1.54, 1.807) is 18.2 Å². The Morgan fingerprint density at radius 2 is 2.05 bits per heavy atom. The quantitative estimate of drug-likeness (QED) is 0.602. The first kappa shape index (κ1) is 14.6. The van der Waals surface area contributed by atoms with E-state index in [0.29, 0.717) is 10.9 Å². The van der Waals surface area contributed by atoms with Crippen molar-refractivity contribution in [3.05, 3.63) is 57.8 Å². The Morgan fingerprint density at radius 3 is 2.77 bits per heavy atom. The highest BCUT2D eigenvalue weighted by atomic mass is 79.9. The van der Waals surface area contributed by atoms with Gasteiger partial charge >= 0.3 is 0 Å². The molecule has 1 aromatic carbocycles. The first-order chi connectivity index (χ1) is 10.5. The van der Waals surface area contributed by atoms with Gasteiger partial charge in [0, 0.05) is 27.1 Å². The van der Waals surface area contributed by atoms with Crippen molar-refractivity contribution in [1.82, 2.24) is 9.97 Å². The summed E-state index contributed by atoms with van der Waals surface area (Å²) in [5, 5.41) is 18.9. The van der Waals surface area contributed by atoms with Crippen LogP contribution in [0.15, 0.2) is 41.0 Å². The molecular formula is C15H10BrF2N3O. The molecule has 4 nitrogen and oxygen atoms in total. The molecule has 112 valence electrons. The van der Waals surface area contributed by atoms with Crippen LogP contribution < -0.4 is 0 Å². The summed E-state index contributed by atoms with van der Waals surface area (Å²) in [5.41, 5.74) is 0.620. The smallest absolute Gasteiger partial charge is 0.263 e. The number of alkyl halides is 2. The SMILES string of the molecule is N=C(c1cc(C(F)F)ccn1)c1c(O)[nH]c2ccc(Br)cc12. The van der Waals surface area contributed by atoms with Crippen molar-refractivity contribution < 1.29 is 13.9 Å². The van der Waals surface area contributed by atoms with Gasteiger partial charge in [0.2, 0.25) is 0 Å². The minimum absolute atomic E-state index is 0.0778. The van der Waals surface area contributed by atoms with Crippen LogP contribution in [-0.2, 0) is 0 Å². The molecule has 3 N–H and O–H groups in total. The number of halogens is 3. The fourth-order valence-corrected chi connectivity index (χ4v) is 2.61. The lowest BCUT2D eigenvalue weighted by Gasteiger charge is -2.06. The highest BCUT2D eigenvalue weighted by molar-refractivity contribution is 9.10. The first-order valence-corrected chi connectivity index (χ1v) is 7.10. The third kappa shape index (κ3) is 2.48. The van der Waals surface area contributed by atoms with Gasteiger partial charge in [0.05, 0.1) is 17.0 Å². The fourth-order valence-electron chi connectivity index (χ4n) is 2.25. The number of hydrogen-bond donors (Lipinski definition) is 3. The van der Waals surface area contributed by atoms with Crippen molar-refractivity contribution in [2.75, 3.05) is 0 Å². The molecule has 0 unspecified atom stereocenters. The van der Waals surface area contributed by atoms with E-state index >= 15 is 0 Å². The third-order valence-corrected chi connectivity index (χ3v) is 3.78. The molecule has 0 aliphatic rings. The Kier molecular flexibility index (Phi) is 3.66. The van der Waals surface area contributed by atoms with Crippen molar-refractivity contribution in [3.8, 4) is 5.88 Å². The predicted molar refractivity (Wildman–Crippen MR) is 82.8 cm³/mol. The summed E-state index contributed by atoms with van der Waals surface area (Å²) >= 11 is 3.33. The van der Waals surface area contributed by atoms with E-state index in [-0.39, 0.29) is 28.4 Å². The Hall–Kier alpha value is -2.28. The van der Waals surface area contributed by atoms with Crippen LogP contribution in [0, 0.1) is 5.41 Å². The van der Waals surface area contributed by atoms with Crippen molar-refractivity contribution in [1.29, 1.82) is 5.41 Å². The Morgan fingerprint density at radius 1 is 1.27 bits per heavy atom. The van der Waals surface area contributed by atoms with Gasteiger partial charge < -0.3 is 10.1 Å². The molecule has 2 heterocycles. The van der Waals surface area contributed by atoms with Crippen LogP contribution in [0.3, 0.4) is 0 Å². The third-order valence-electron chi connectivity index (χ3n) is 3.28. The fraction of sp³-hybridized carbons (Fsp3) is 0.0667. The molecule has 0 saturated heterocycles. The number of nitrogens with one attached hydrogen (secondary N) is 2. The van der Waals surface area contributed by atoms with Crippen molar-refractivity contribution >= 4 is 32.5 Å². The number of rotatable bonds is 3. The zero-order valence-corrected chi connectivity index (χ0v) is 12.7. The molecule has 0 atom stereocenters. The van der Waals surface area contributed by atoms with Gasteiger partial charge in [-0.05, 0) is 30.3 Å². The Balaban J connectivity index is 2.15. The minimum atomic E-state index is -2.64. The summed E-state index contributed by atoms with van der Waals surface area (Å²) in [6.45, 7) is 0. The number of aromatic amines is 1. The number of aromatic nitrogens is 2. The van der Waals surface area contributed by atoms with Gasteiger partial charge in [-0.1, -0.05) is 15.9 Å². The molecule has 0 bridgehead atoms. The van der Waals surface area contributed by atoms with E-state index in [0.717, 1.165) is 10.5 Å². The Labute approximate surface area is 132 Å². The van der Waals surface area contributed by atoms with Gasteiger partial charge in [-0.15, -0.1) is 0 Å². The van der Waals surface area contributed by atoms with Crippen LogP contribution in [0.5, 0.6) is 5.88 Å². The van der Waals surface area contributed by atoms with E-state index in [1.807, 2.05) is 0 Å². The standard InChI is InChI=1S/C15H10BrF2N3O/c16-8-1-2-10-9(6-8)12(15(22)21-10)13(19)11-5-7(14(17)18)3-4-20-11/h1-6,14,19,21-22H. The molecule has 0 radical (unpaired) electrons. The molecule has 2 aromatic heterocycles. The summed E-state index contributed by atoms with van der Waals surface area (Å²) in [4.78, 5) is 6.71. The molecule has 3 rings (SSSR count). The molecule has 0 fully saturated rings. The van der Waals surface area contributed by atoms with Gasteiger partial charge in [0.25, 0.3) is 6.43 Å². The van der Waals surface area contributed by atoms with E-state index in [1.165, 1.54) is 12.3 Å². The number of H-pyrrole nitrogens is 1. The molecule has 0 spiro atoms. The summed E-state index contributed by atoms with van der Waals surface area (Å²) in [7, 11) is 0. The number of benzene rings is 1. The summed E-state index contributed by atoms with van der Waals surface area (Å²) in [6.07, 6.45) is -1.41. The minimum Gasteiger partial charge on any atom is -0.494 e. The number of pyridine rings is 1. The van der Waals surface area contributed by atoms with Gasteiger partial charge in [-0.3, -0.25) is 10.4 Å². The Bertz CT molecular complexity index is 876. The normalized spacial score (nSPS) is 11.3. The monoisotopic (exact) mass is 365 g/mol. The van der Waals surface area contributed by atoms with Crippen LogP contribution in [0.1, 0.15) is 23.2 Å². The topological polar surface area (TPSA) is 72.8 Å². The summed E-state index contributed by atoms with van der Waals surface area (Å²) < 4.78 is 26.3. The molecule has 0 saturated carbocycles. The molecule has 22 heavy (non-hydrogen) atoms. The maximum absolute atomic E-state index is 12.8. The summed E-state index contributed by atoms with van der Waals surface area (Å²) in [5.74, 6) is -0.192. The van der Waals surface area contributed by atoms with Crippen LogP contribution in [0.25, 0.3) is 10.9 Å². The molecule has 0 aliphatic heterocycles. The number of hydrogen-bond acceptors (Lipinski definition) is 3. The molecular weight excluding hydrogens is 356 g/mol. The number of nitrogens with zero attached hydrogens (tertiary/aromatic N) is 1. The van der Waals surface area contributed by atoms with Crippen LogP contribution in [-0.4, -0.2) is 20.8 Å². The molecule has 3 aromatic rings. The highest BCUT2D eigenvalue weighted by Crippen LogP contribution is 2.31. The zero-order chi connectivity index (χ0) is 15.9. The van der Waals surface area contributed by atoms with Crippen LogP contribution in [0.2, 0.25) is 0 Å². The number of aromatic hydroxyl groups is 1. The molecule has 0 aliphatic carbocycles. The largest absolute Gasteiger partial charge is 0.494 e. The predicted octanol–water partition coefficient (Wildman–Crippen LogP) is 4.38. The van der Waals surface area contributed by atoms with Gasteiger partial charge in [0.1, 0.15) is 0 Å². The second-order valence-electron chi connectivity index (χ2n) is 4.69. The summed E-state index contributed by atoms with van der Waals surface area (Å²) in [6, 6.07) is 7.64. The van der Waals surface area contributed by atoms with Crippen molar-refractivity contribution in [2.45, 2.75) is 6.43 Å². The van der Waals surface area contributed by atoms with E-state index in [2.05, 4.69) is 25.9 Å². The van der Waals surface area contributed by atoms with E-state index < -0.39 is 6.43 Å². The zero-order valence-electron chi connectivity index (χ0n) is 11.1. The maximum atomic E-state index is 12.8. The van der Waals surface area contributed by atoms with Crippen molar-refractivity contribution in [2.24, 2.45) is 0 Å². The first-order valence-electron chi connectivity index (χ1n) is 6.31. The number of fused-ring (bicyclic) bond motifs is 1. The van der Waals surface area contributed by atoms with Gasteiger partial charge in [0.15, 0.2) is 5.88 Å². The average Bonchev–Trinajstić information content (AvgIpc) is 2.82. The van der Waals surface area contributed by atoms with Gasteiger partial charge in [-0.2, -0.15) is 0 Å². The average molecular weight is 366 g/mol. The second kappa shape index (κ2) is 5.49. The van der Waals surface area contributed by atoms with E-state index in [9.17, 15) is 13.9 Å². The van der Waals surface area contributed by atoms with Crippen LogP contribution in [0.4, 0.5) is 8.78 Å². The maximum Gasteiger partial charge on any atom is 0.263 e. The highest BCUT2D eigenvalue weighted by Gasteiger charge is 2.19. The van der Waals surface area contributed by atoms with Crippen molar-refractivity contribution in [3.63, 3.8) is 0 Å². The molecule has 7 heteroatoms. The lowest BCUT2D eigenvalue weighted by atomic mass is 10.0. The van der Waals surface area contributed by atoms with Gasteiger partial charge in [-0.25, -0.2) is 8.78 Å². The molecule has 0 amide bonds. The van der Waals surface area contributed by atoms with Crippen LogP contribution >= 0.6 is 15.9 Å².